The molecule has 0 spiro atoms. The average molecular weight is 496 g/mol. The lowest BCUT2D eigenvalue weighted by atomic mass is 9.88. The highest BCUT2D eigenvalue weighted by Crippen LogP contribution is 2.51. The van der Waals surface area contributed by atoms with Gasteiger partial charge in [0.05, 0.1) is 29.3 Å². The second-order valence-corrected chi connectivity index (χ2v) is 10.6. The van der Waals surface area contributed by atoms with E-state index in [9.17, 15) is 14.0 Å². The van der Waals surface area contributed by atoms with Crippen molar-refractivity contribution in [1.82, 2.24) is 24.3 Å². The minimum absolute atomic E-state index is 0.126. The van der Waals surface area contributed by atoms with E-state index in [-0.39, 0.29) is 23.0 Å². The number of hydrogen-bond acceptors (Lipinski definition) is 7. The molecule has 5 rings (SSSR count). The Balaban J connectivity index is 1.19. The Hall–Kier alpha value is -3.76. The summed E-state index contributed by atoms with van der Waals surface area (Å²) in [5.41, 5.74) is 0.597. The van der Waals surface area contributed by atoms with Crippen molar-refractivity contribution in [3.8, 4) is 0 Å². The number of amides is 2. The molecule has 2 aliphatic rings. The molecule has 3 aromatic rings. The first-order valence-electron chi connectivity index (χ1n) is 12.0. The summed E-state index contributed by atoms with van der Waals surface area (Å²) in [6, 6.07) is 1.23. The van der Waals surface area contributed by atoms with Gasteiger partial charge in [0.25, 0.3) is 5.91 Å². The molecule has 1 saturated carbocycles. The van der Waals surface area contributed by atoms with Gasteiger partial charge < -0.3 is 24.3 Å². The van der Waals surface area contributed by atoms with Crippen LogP contribution < -0.4 is 10.2 Å². The van der Waals surface area contributed by atoms with Crippen LogP contribution in [0.1, 0.15) is 49.8 Å². The first kappa shape index (κ1) is 24.0. The molecule has 11 heteroatoms. The third-order valence-corrected chi connectivity index (χ3v) is 6.82. The lowest BCUT2D eigenvalue weighted by molar-refractivity contribution is 0.0101. The molecular formula is C25H30FN7O3. The van der Waals surface area contributed by atoms with E-state index in [0.717, 1.165) is 25.9 Å². The maximum absolute atomic E-state index is 14.3. The molecule has 2 amide bonds. The predicted molar refractivity (Wildman–Crippen MR) is 132 cm³/mol. The van der Waals surface area contributed by atoms with E-state index in [1.54, 1.807) is 30.4 Å². The molecule has 2 fully saturated rings. The highest BCUT2D eigenvalue weighted by Gasteiger charge is 2.58. The van der Waals surface area contributed by atoms with Gasteiger partial charge >= 0.3 is 6.09 Å². The van der Waals surface area contributed by atoms with Gasteiger partial charge in [-0.1, -0.05) is 0 Å². The van der Waals surface area contributed by atoms with Crippen molar-refractivity contribution in [2.45, 2.75) is 51.7 Å². The molecule has 0 aromatic carbocycles. The maximum atomic E-state index is 14.3. The van der Waals surface area contributed by atoms with Crippen LogP contribution >= 0.6 is 0 Å². The number of imidazole rings is 1. The van der Waals surface area contributed by atoms with Crippen LogP contribution in [0.5, 0.6) is 0 Å². The van der Waals surface area contributed by atoms with Gasteiger partial charge in [-0.25, -0.2) is 24.1 Å². The molecule has 1 N–H and O–H groups in total. The summed E-state index contributed by atoms with van der Waals surface area (Å²) in [7, 11) is 1.81. The summed E-state index contributed by atoms with van der Waals surface area (Å²) in [6.07, 6.45) is 7.86. The highest BCUT2D eigenvalue weighted by atomic mass is 19.1. The maximum Gasteiger partial charge on any atom is 0.410 e. The van der Waals surface area contributed by atoms with Gasteiger partial charge in [-0.3, -0.25) is 4.79 Å². The Morgan fingerprint density at radius 2 is 1.92 bits per heavy atom. The second-order valence-electron chi connectivity index (χ2n) is 10.6. The van der Waals surface area contributed by atoms with Crippen LogP contribution in [0.15, 0.2) is 30.9 Å². The van der Waals surface area contributed by atoms with E-state index in [1.165, 1.54) is 16.7 Å². The van der Waals surface area contributed by atoms with Gasteiger partial charge in [0.15, 0.2) is 11.5 Å². The van der Waals surface area contributed by atoms with E-state index in [1.807, 2.05) is 27.8 Å². The minimum atomic E-state index is -0.532. The van der Waals surface area contributed by atoms with Crippen molar-refractivity contribution >= 4 is 29.2 Å². The zero-order chi connectivity index (χ0) is 25.8. The van der Waals surface area contributed by atoms with E-state index in [0.29, 0.717) is 23.1 Å². The Kier molecular flexibility index (Phi) is 5.60. The Labute approximate surface area is 208 Å². The summed E-state index contributed by atoms with van der Waals surface area (Å²) in [5.74, 6) is -0.0289. The van der Waals surface area contributed by atoms with Crippen LogP contribution in [-0.4, -0.2) is 67.5 Å². The molecule has 0 atom stereocenters. The van der Waals surface area contributed by atoms with Gasteiger partial charge in [0.1, 0.15) is 17.1 Å². The molecular weight excluding hydrogens is 465 g/mol. The molecule has 1 aliphatic heterocycles. The smallest absolute Gasteiger partial charge is 0.410 e. The highest BCUT2D eigenvalue weighted by molar-refractivity contribution is 6.02. The standard InChI is InChI=1S/C25H30FN7O3/c1-15-11-33-14-17(8-18(26)21(33)29-15)30-22(34)19-9-28-20(10-27-19)32-12-16(13-32)25(6-7-25)31(5)23(35)36-24(2,3)4/h8-11,14,16H,6-7,12-13H2,1-5H3,(H,30,34). The fourth-order valence-corrected chi connectivity index (χ4v) is 4.71. The normalized spacial score (nSPS) is 17.0. The second kappa shape index (κ2) is 8.42. The Morgan fingerprint density at radius 3 is 2.53 bits per heavy atom. The summed E-state index contributed by atoms with van der Waals surface area (Å²) in [5, 5.41) is 2.66. The van der Waals surface area contributed by atoms with Crippen molar-refractivity contribution in [3.05, 3.63) is 48.1 Å². The number of carbonyl (C=O) groups is 2. The summed E-state index contributed by atoms with van der Waals surface area (Å²) in [4.78, 5) is 41.8. The first-order chi connectivity index (χ1) is 16.9. The molecule has 0 radical (unpaired) electrons. The number of aromatic nitrogens is 4. The van der Waals surface area contributed by atoms with Crippen LogP contribution in [0.4, 0.5) is 20.7 Å². The third kappa shape index (κ3) is 4.45. The lowest BCUT2D eigenvalue weighted by Gasteiger charge is -2.47. The molecule has 3 aromatic heterocycles. The largest absolute Gasteiger partial charge is 0.444 e. The fourth-order valence-electron chi connectivity index (χ4n) is 4.71. The monoisotopic (exact) mass is 495 g/mol. The molecule has 0 bridgehead atoms. The zero-order valence-electron chi connectivity index (χ0n) is 21.1. The van der Waals surface area contributed by atoms with Crippen molar-refractivity contribution in [3.63, 3.8) is 0 Å². The summed E-state index contributed by atoms with van der Waals surface area (Å²) in [6.45, 7) is 8.86. The molecule has 36 heavy (non-hydrogen) atoms. The fraction of sp³-hybridized carbons (Fsp3) is 0.480. The van der Waals surface area contributed by atoms with Crippen LogP contribution in [-0.2, 0) is 4.74 Å². The van der Waals surface area contributed by atoms with Gasteiger partial charge in [-0.2, -0.15) is 0 Å². The number of carbonyl (C=O) groups excluding carboxylic acids is 2. The summed E-state index contributed by atoms with van der Waals surface area (Å²) < 4.78 is 21.4. The molecule has 4 heterocycles. The zero-order valence-corrected chi connectivity index (χ0v) is 21.1. The summed E-state index contributed by atoms with van der Waals surface area (Å²) >= 11 is 0. The number of anilines is 2. The predicted octanol–water partition coefficient (Wildman–Crippen LogP) is 3.66. The SMILES string of the molecule is Cc1cn2cc(NC(=O)c3cnc(N4CC(C5(N(C)C(=O)OC(C)(C)C)CC5)C4)cn3)cc(F)c2n1. The Bertz CT molecular complexity index is 1320. The van der Waals surface area contributed by atoms with Crippen molar-refractivity contribution < 1.29 is 18.7 Å². The van der Waals surface area contributed by atoms with Gasteiger partial charge in [-0.15, -0.1) is 0 Å². The number of halogens is 1. The molecule has 190 valence electrons. The van der Waals surface area contributed by atoms with Crippen molar-refractivity contribution in [2.24, 2.45) is 5.92 Å². The number of hydrogen-bond donors (Lipinski definition) is 1. The van der Waals surface area contributed by atoms with E-state index in [4.69, 9.17) is 4.74 Å². The molecule has 10 nitrogen and oxygen atoms in total. The van der Waals surface area contributed by atoms with Crippen LogP contribution in [0.3, 0.4) is 0 Å². The average Bonchev–Trinajstić information content (AvgIpc) is 3.46. The number of ether oxygens (including phenoxy) is 1. The van der Waals surface area contributed by atoms with Crippen LogP contribution in [0, 0.1) is 18.7 Å². The topological polar surface area (TPSA) is 105 Å². The minimum Gasteiger partial charge on any atom is -0.444 e. The lowest BCUT2D eigenvalue weighted by Crippen LogP contribution is -2.59. The van der Waals surface area contributed by atoms with Gasteiger partial charge in [0, 0.05) is 44.5 Å². The van der Waals surface area contributed by atoms with Crippen molar-refractivity contribution in [1.29, 1.82) is 0 Å². The van der Waals surface area contributed by atoms with Gasteiger partial charge in [0.2, 0.25) is 0 Å². The van der Waals surface area contributed by atoms with E-state index >= 15 is 0 Å². The number of pyridine rings is 1. The quantitative estimate of drug-likeness (QED) is 0.576. The third-order valence-electron chi connectivity index (χ3n) is 6.82. The number of nitrogens with zero attached hydrogens (tertiary/aromatic N) is 6. The first-order valence-corrected chi connectivity index (χ1v) is 12.0. The number of rotatable bonds is 5. The van der Waals surface area contributed by atoms with Crippen LogP contribution in [0.2, 0.25) is 0 Å². The van der Waals surface area contributed by atoms with E-state index in [2.05, 4.69) is 25.2 Å². The Morgan fingerprint density at radius 1 is 1.19 bits per heavy atom. The molecule has 1 saturated heterocycles. The van der Waals surface area contributed by atoms with E-state index < -0.39 is 17.3 Å². The van der Waals surface area contributed by atoms with Crippen LogP contribution in [0.25, 0.3) is 5.65 Å². The number of nitrogens with one attached hydrogen (secondary N) is 1. The molecule has 1 aliphatic carbocycles. The van der Waals surface area contributed by atoms with Gasteiger partial charge in [-0.05, 0) is 40.5 Å². The number of aryl methyl sites for hydroxylation is 1. The number of fused-ring (bicyclic) bond motifs is 1. The molecule has 0 unspecified atom stereocenters. The van der Waals surface area contributed by atoms with Crippen molar-refractivity contribution in [2.75, 3.05) is 30.4 Å².